The van der Waals surface area contributed by atoms with Crippen molar-refractivity contribution in [2.75, 3.05) is 6.61 Å². The Labute approximate surface area is 100 Å². The highest BCUT2D eigenvalue weighted by Crippen LogP contribution is 2.15. The molecule has 0 amide bonds. The standard InChI is InChI=1S/C13H15FN2O/c1-9-13(4-5-17-9)16-8-11-6-10(7-15)2-3-12(11)14/h2-3,6,9,13,16H,4-5,8H2,1H3. The smallest absolute Gasteiger partial charge is 0.127 e. The van der Waals surface area contributed by atoms with Gasteiger partial charge in [-0.3, -0.25) is 0 Å². The first-order valence-corrected chi connectivity index (χ1v) is 5.74. The van der Waals surface area contributed by atoms with Gasteiger partial charge in [0.1, 0.15) is 5.82 Å². The Morgan fingerprint density at radius 1 is 1.59 bits per heavy atom. The van der Waals surface area contributed by atoms with Crippen LogP contribution in [0.3, 0.4) is 0 Å². The van der Waals surface area contributed by atoms with E-state index in [9.17, 15) is 4.39 Å². The number of nitrogens with zero attached hydrogens (tertiary/aromatic N) is 1. The second-order valence-corrected chi connectivity index (χ2v) is 4.27. The fourth-order valence-electron chi connectivity index (χ4n) is 2.02. The van der Waals surface area contributed by atoms with Crippen molar-refractivity contribution in [3.8, 4) is 6.07 Å². The summed E-state index contributed by atoms with van der Waals surface area (Å²) >= 11 is 0. The molecule has 1 heterocycles. The Morgan fingerprint density at radius 3 is 3.06 bits per heavy atom. The second-order valence-electron chi connectivity index (χ2n) is 4.27. The third-order valence-electron chi connectivity index (χ3n) is 3.11. The molecule has 0 saturated carbocycles. The monoisotopic (exact) mass is 234 g/mol. The summed E-state index contributed by atoms with van der Waals surface area (Å²) in [5.41, 5.74) is 1.02. The van der Waals surface area contributed by atoms with Crippen LogP contribution in [0.5, 0.6) is 0 Å². The van der Waals surface area contributed by atoms with Crippen molar-refractivity contribution in [1.82, 2.24) is 5.32 Å². The average molecular weight is 234 g/mol. The van der Waals surface area contributed by atoms with Gasteiger partial charge in [0.25, 0.3) is 0 Å². The molecule has 2 unspecified atom stereocenters. The van der Waals surface area contributed by atoms with Crippen molar-refractivity contribution in [2.24, 2.45) is 0 Å². The van der Waals surface area contributed by atoms with E-state index in [1.807, 2.05) is 13.0 Å². The van der Waals surface area contributed by atoms with Gasteiger partial charge in [-0.25, -0.2) is 4.39 Å². The summed E-state index contributed by atoms with van der Waals surface area (Å²) in [6, 6.07) is 6.69. The number of halogens is 1. The maximum absolute atomic E-state index is 13.5. The van der Waals surface area contributed by atoms with Crippen LogP contribution in [0.25, 0.3) is 0 Å². The van der Waals surface area contributed by atoms with Gasteiger partial charge < -0.3 is 10.1 Å². The van der Waals surface area contributed by atoms with Gasteiger partial charge in [0.15, 0.2) is 0 Å². The highest BCUT2D eigenvalue weighted by molar-refractivity contribution is 5.33. The van der Waals surface area contributed by atoms with Gasteiger partial charge in [0.2, 0.25) is 0 Å². The van der Waals surface area contributed by atoms with Gasteiger partial charge in [-0.15, -0.1) is 0 Å². The van der Waals surface area contributed by atoms with Crippen LogP contribution in [0, 0.1) is 17.1 Å². The zero-order valence-electron chi connectivity index (χ0n) is 9.74. The van der Waals surface area contributed by atoms with Gasteiger partial charge in [0, 0.05) is 24.8 Å². The topological polar surface area (TPSA) is 45.0 Å². The summed E-state index contributed by atoms with van der Waals surface area (Å²) in [6.45, 7) is 3.19. The highest BCUT2D eigenvalue weighted by Gasteiger charge is 2.23. The molecule has 1 saturated heterocycles. The molecule has 1 fully saturated rings. The van der Waals surface area contributed by atoms with Crippen LogP contribution in [-0.2, 0) is 11.3 Å². The van der Waals surface area contributed by atoms with E-state index < -0.39 is 0 Å². The number of rotatable bonds is 3. The Hall–Kier alpha value is -1.44. The molecule has 90 valence electrons. The molecule has 2 rings (SSSR count). The van der Waals surface area contributed by atoms with E-state index in [1.54, 1.807) is 6.07 Å². The van der Waals surface area contributed by atoms with Crippen LogP contribution in [0.15, 0.2) is 18.2 Å². The van der Waals surface area contributed by atoms with Crippen LogP contribution in [0.4, 0.5) is 4.39 Å². The summed E-state index contributed by atoms with van der Waals surface area (Å²) in [5, 5.41) is 12.0. The van der Waals surface area contributed by atoms with Crippen LogP contribution in [-0.4, -0.2) is 18.8 Å². The van der Waals surface area contributed by atoms with Crippen LogP contribution in [0.1, 0.15) is 24.5 Å². The molecule has 1 aromatic rings. The minimum atomic E-state index is -0.275. The lowest BCUT2D eigenvalue weighted by atomic mass is 10.1. The molecule has 1 aliphatic heterocycles. The minimum absolute atomic E-state index is 0.164. The quantitative estimate of drug-likeness (QED) is 0.869. The summed E-state index contributed by atoms with van der Waals surface area (Å²) in [5.74, 6) is -0.275. The van der Waals surface area contributed by atoms with Crippen molar-refractivity contribution in [3.63, 3.8) is 0 Å². The zero-order chi connectivity index (χ0) is 12.3. The largest absolute Gasteiger partial charge is 0.377 e. The molecule has 3 nitrogen and oxygen atoms in total. The SMILES string of the molecule is CC1OCCC1NCc1cc(C#N)ccc1F. The summed E-state index contributed by atoms with van der Waals surface area (Å²) in [4.78, 5) is 0. The lowest BCUT2D eigenvalue weighted by Gasteiger charge is -2.16. The van der Waals surface area contributed by atoms with E-state index in [2.05, 4.69) is 5.32 Å². The van der Waals surface area contributed by atoms with Crippen LogP contribution in [0.2, 0.25) is 0 Å². The fourth-order valence-corrected chi connectivity index (χ4v) is 2.02. The Balaban J connectivity index is 2.01. The molecule has 1 aromatic carbocycles. The van der Waals surface area contributed by atoms with Gasteiger partial charge >= 0.3 is 0 Å². The van der Waals surface area contributed by atoms with Crippen molar-refractivity contribution in [3.05, 3.63) is 35.1 Å². The molecule has 0 radical (unpaired) electrons. The number of hydrogen-bond acceptors (Lipinski definition) is 3. The van der Waals surface area contributed by atoms with Gasteiger partial charge in [-0.05, 0) is 31.5 Å². The number of nitriles is 1. The zero-order valence-corrected chi connectivity index (χ0v) is 9.74. The van der Waals surface area contributed by atoms with Crippen LogP contribution < -0.4 is 5.32 Å². The summed E-state index contributed by atoms with van der Waals surface area (Å²) in [7, 11) is 0. The molecule has 1 N–H and O–H groups in total. The maximum atomic E-state index is 13.5. The minimum Gasteiger partial charge on any atom is -0.377 e. The third-order valence-corrected chi connectivity index (χ3v) is 3.11. The first-order chi connectivity index (χ1) is 8.20. The normalized spacial score (nSPS) is 23.6. The Bertz CT molecular complexity index is 442. The molecule has 1 aliphatic rings. The molecule has 17 heavy (non-hydrogen) atoms. The predicted octanol–water partition coefficient (Wildman–Crippen LogP) is 1.96. The van der Waals surface area contributed by atoms with E-state index in [4.69, 9.17) is 10.00 Å². The third kappa shape index (κ3) is 2.82. The average Bonchev–Trinajstić information content (AvgIpc) is 2.74. The molecule has 0 bridgehead atoms. The molecule has 2 atom stereocenters. The lowest BCUT2D eigenvalue weighted by Crippen LogP contribution is -2.34. The first-order valence-electron chi connectivity index (χ1n) is 5.74. The lowest BCUT2D eigenvalue weighted by molar-refractivity contribution is 0.113. The van der Waals surface area contributed by atoms with E-state index >= 15 is 0 Å². The van der Waals surface area contributed by atoms with E-state index in [1.165, 1.54) is 12.1 Å². The van der Waals surface area contributed by atoms with Crippen molar-refractivity contribution < 1.29 is 9.13 Å². The molecule has 4 heteroatoms. The second kappa shape index (κ2) is 5.26. The van der Waals surface area contributed by atoms with E-state index in [0.717, 1.165) is 13.0 Å². The fraction of sp³-hybridized carbons (Fsp3) is 0.462. The Kier molecular flexibility index (Phi) is 3.72. The number of hydrogen-bond donors (Lipinski definition) is 1. The molecule has 0 aromatic heterocycles. The van der Waals surface area contributed by atoms with Crippen molar-refractivity contribution in [2.45, 2.75) is 32.0 Å². The number of benzene rings is 1. The van der Waals surface area contributed by atoms with Crippen molar-refractivity contribution in [1.29, 1.82) is 5.26 Å². The number of ether oxygens (including phenoxy) is 1. The molecule has 0 spiro atoms. The van der Waals surface area contributed by atoms with E-state index in [0.29, 0.717) is 17.7 Å². The van der Waals surface area contributed by atoms with Crippen LogP contribution >= 0.6 is 0 Å². The van der Waals surface area contributed by atoms with Gasteiger partial charge in [-0.2, -0.15) is 5.26 Å². The molecular weight excluding hydrogens is 219 g/mol. The maximum Gasteiger partial charge on any atom is 0.127 e. The Morgan fingerprint density at radius 2 is 2.41 bits per heavy atom. The first kappa shape index (κ1) is 12.0. The summed E-state index contributed by atoms with van der Waals surface area (Å²) in [6.07, 6.45) is 1.11. The molecular formula is C13H15FN2O. The van der Waals surface area contributed by atoms with Gasteiger partial charge in [-0.1, -0.05) is 0 Å². The highest BCUT2D eigenvalue weighted by atomic mass is 19.1. The predicted molar refractivity (Wildman–Crippen MR) is 61.8 cm³/mol. The molecule has 0 aliphatic carbocycles. The van der Waals surface area contributed by atoms with E-state index in [-0.39, 0.29) is 18.0 Å². The van der Waals surface area contributed by atoms with Crippen molar-refractivity contribution >= 4 is 0 Å². The van der Waals surface area contributed by atoms with Gasteiger partial charge in [0.05, 0.1) is 17.7 Å². The number of nitrogens with one attached hydrogen (secondary N) is 1. The summed E-state index contributed by atoms with van der Waals surface area (Å²) < 4.78 is 18.9.